The highest BCUT2D eigenvalue weighted by atomic mass is 31.2. The van der Waals surface area contributed by atoms with Gasteiger partial charge in [0.2, 0.25) is 13.3 Å². The zero-order valence-corrected chi connectivity index (χ0v) is 20.5. The largest absolute Gasteiger partial charge is 0.354 e. The first-order valence-corrected chi connectivity index (χ1v) is 14.7. The lowest BCUT2D eigenvalue weighted by molar-refractivity contribution is 0.376. The monoisotopic (exact) mass is 509 g/mol. The Morgan fingerprint density at radius 3 is 2.47 bits per heavy atom. The Bertz CT molecular complexity index is 1240. The Hall–Kier alpha value is -2.33. The van der Waals surface area contributed by atoms with Gasteiger partial charge >= 0.3 is 7.60 Å². The van der Waals surface area contributed by atoms with E-state index in [-0.39, 0.29) is 5.30 Å². The van der Waals surface area contributed by atoms with Crippen LogP contribution in [0.5, 0.6) is 0 Å². The Labute approximate surface area is 196 Å². The minimum absolute atomic E-state index is 0.0335. The van der Waals surface area contributed by atoms with Crippen molar-refractivity contribution in [2.24, 2.45) is 5.92 Å². The lowest BCUT2D eigenvalue weighted by atomic mass is 9.98. The van der Waals surface area contributed by atoms with E-state index >= 15 is 0 Å². The molecule has 14 heteroatoms. The maximum absolute atomic E-state index is 12.4. The van der Waals surface area contributed by atoms with Crippen molar-refractivity contribution in [3.8, 4) is 0 Å². The van der Waals surface area contributed by atoms with Gasteiger partial charge in [0.15, 0.2) is 17.0 Å². The number of hydrogen-bond donors (Lipinski definition) is 6. The lowest BCUT2D eigenvalue weighted by Gasteiger charge is -2.22. The van der Waals surface area contributed by atoms with Crippen molar-refractivity contribution in [3.63, 3.8) is 0 Å². The Morgan fingerprint density at radius 1 is 1.12 bits per heavy atom. The summed E-state index contributed by atoms with van der Waals surface area (Å²) >= 11 is 0. The highest BCUT2D eigenvalue weighted by molar-refractivity contribution is 7.77. The molecular formula is C20H29N7O5P2. The van der Waals surface area contributed by atoms with Crippen LogP contribution in [0.25, 0.3) is 11.2 Å². The Kier molecular flexibility index (Phi) is 7.37. The van der Waals surface area contributed by atoms with E-state index in [2.05, 4.69) is 30.9 Å². The minimum Gasteiger partial charge on any atom is -0.354 e. The summed E-state index contributed by atoms with van der Waals surface area (Å²) in [7, 11) is -8.82. The second-order valence-corrected chi connectivity index (χ2v) is 12.7. The first kappa shape index (κ1) is 24.8. The molecule has 1 atom stereocenters. The highest BCUT2D eigenvalue weighted by Crippen LogP contribution is 2.53. The fourth-order valence-electron chi connectivity index (χ4n) is 3.91. The van der Waals surface area contributed by atoms with Crippen LogP contribution in [0.2, 0.25) is 0 Å². The molecule has 12 nitrogen and oxygen atoms in total. The molecule has 1 fully saturated rings. The first-order valence-electron chi connectivity index (χ1n) is 11.1. The van der Waals surface area contributed by atoms with Crippen molar-refractivity contribution in [1.82, 2.24) is 24.8 Å². The van der Waals surface area contributed by atoms with Gasteiger partial charge in [-0.2, -0.15) is 9.97 Å². The van der Waals surface area contributed by atoms with Crippen LogP contribution in [-0.4, -0.2) is 59.7 Å². The maximum atomic E-state index is 12.4. The Balaban J connectivity index is 1.57. The van der Waals surface area contributed by atoms with Crippen molar-refractivity contribution in [2.45, 2.75) is 26.3 Å². The molecule has 0 amide bonds. The second kappa shape index (κ2) is 10.1. The number of nitrogens with zero attached hydrogens (tertiary/aromatic N) is 4. The molecule has 1 aliphatic heterocycles. The van der Waals surface area contributed by atoms with Gasteiger partial charge in [0.05, 0.1) is 6.33 Å². The number of aromatic nitrogens is 4. The van der Waals surface area contributed by atoms with Crippen LogP contribution in [-0.2, 0) is 15.7 Å². The predicted molar refractivity (Wildman–Crippen MR) is 131 cm³/mol. The summed E-state index contributed by atoms with van der Waals surface area (Å²) in [5, 5.41) is 9.86. The average molecular weight is 509 g/mol. The van der Waals surface area contributed by atoms with Crippen LogP contribution in [0, 0.1) is 5.92 Å². The van der Waals surface area contributed by atoms with Gasteiger partial charge in [-0.1, -0.05) is 0 Å². The summed E-state index contributed by atoms with van der Waals surface area (Å²) in [6, 6.07) is 5.87. The maximum Gasteiger partial charge on any atom is 0.335 e. The summed E-state index contributed by atoms with van der Waals surface area (Å²) in [6.07, 6.45) is 3.89. The molecule has 4 rings (SSSR count). The molecule has 1 aliphatic rings. The molecule has 0 spiro atoms. The Morgan fingerprint density at radius 2 is 1.82 bits per heavy atom. The summed E-state index contributed by atoms with van der Waals surface area (Å²) in [5.74, 6) is 0.421. The van der Waals surface area contributed by atoms with Gasteiger partial charge in [0.1, 0.15) is 5.90 Å². The predicted octanol–water partition coefficient (Wildman–Crippen LogP) is 2.03. The van der Waals surface area contributed by atoms with Gasteiger partial charge < -0.3 is 35.2 Å². The summed E-state index contributed by atoms with van der Waals surface area (Å²) in [6.45, 7) is 5.48. The van der Waals surface area contributed by atoms with Crippen LogP contribution in [0.15, 0.2) is 30.6 Å². The van der Waals surface area contributed by atoms with E-state index in [1.807, 2.05) is 11.5 Å². The zero-order chi connectivity index (χ0) is 24.3. The van der Waals surface area contributed by atoms with E-state index in [0.29, 0.717) is 41.1 Å². The van der Waals surface area contributed by atoms with E-state index in [1.165, 1.54) is 12.1 Å². The smallest absolute Gasteiger partial charge is 0.335 e. The van der Waals surface area contributed by atoms with Gasteiger partial charge in [-0.15, -0.1) is 0 Å². The van der Waals surface area contributed by atoms with Gasteiger partial charge in [-0.3, -0.25) is 9.13 Å². The van der Waals surface area contributed by atoms with Crippen LogP contribution >= 0.6 is 15.0 Å². The summed E-state index contributed by atoms with van der Waals surface area (Å²) in [5.41, 5.74) is 1.86. The first-order chi connectivity index (χ1) is 16.1. The van der Waals surface area contributed by atoms with Crippen LogP contribution < -0.4 is 21.3 Å². The molecule has 0 bridgehead atoms. The topological polar surface area (TPSA) is 175 Å². The third-order valence-corrected chi connectivity index (χ3v) is 9.83. The fraction of sp³-hybridized carbons (Fsp3) is 0.450. The van der Waals surface area contributed by atoms with Crippen LogP contribution in [0.4, 0.5) is 17.5 Å². The lowest BCUT2D eigenvalue weighted by Crippen LogP contribution is -2.31. The number of anilines is 3. The molecule has 184 valence electrons. The van der Waals surface area contributed by atoms with Crippen molar-refractivity contribution in [2.75, 3.05) is 36.2 Å². The quantitative estimate of drug-likeness (QED) is 0.233. The zero-order valence-electron chi connectivity index (χ0n) is 18.8. The third-order valence-electron chi connectivity index (χ3n) is 5.72. The van der Waals surface area contributed by atoms with Crippen LogP contribution in [0.1, 0.15) is 19.8 Å². The summed E-state index contributed by atoms with van der Waals surface area (Å²) < 4.78 is 25.5. The van der Waals surface area contributed by atoms with Gasteiger partial charge in [-0.05, 0) is 63.0 Å². The van der Waals surface area contributed by atoms with E-state index in [9.17, 15) is 14.0 Å². The number of aryl methyl sites for hydroxylation is 1. The fourth-order valence-corrected chi connectivity index (χ4v) is 7.17. The van der Waals surface area contributed by atoms with Gasteiger partial charge in [-0.25, -0.2) is 4.98 Å². The number of rotatable bonds is 9. The number of fused-ring (bicyclic) bond motifs is 1. The molecule has 0 aliphatic carbocycles. The van der Waals surface area contributed by atoms with E-state index in [1.54, 1.807) is 18.5 Å². The second-order valence-electron chi connectivity index (χ2n) is 8.35. The van der Waals surface area contributed by atoms with E-state index in [4.69, 9.17) is 9.79 Å². The SMILES string of the molecule is CCn1cnc2c(Nc3ccc(P(=O)(O)CP(=O)(O)O)cc3)nc(NCC3CCNCC3)nc21. The molecule has 3 aromatic rings. The van der Waals surface area contributed by atoms with Crippen molar-refractivity contribution >= 4 is 48.9 Å². The molecule has 34 heavy (non-hydrogen) atoms. The summed E-state index contributed by atoms with van der Waals surface area (Å²) in [4.78, 5) is 41.9. The van der Waals surface area contributed by atoms with E-state index < -0.39 is 20.9 Å². The molecule has 1 unspecified atom stereocenters. The molecule has 2 aromatic heterocycles. The molecule has 3 heterocycles. The standard InChI is InChI=1S/C20H29N7O5P2/c1-2-27-12-23-17-18(25-20(26-19(17)27)22-11-14-7-9-21-10-8-14)24-15-3-5-16(6-4-15)33(28,29)13-34(30,31)32/h3-6,12,14,21H,2,7-11,13H2,1H3,(H,28,29)(H2,30,31,32)(H2,22,24,25,26). The molecule has 0 radical (unpaired) electrons. The van der Waals surface area contributed by atoms with Crippen molar-refractivity contribution in [1.29, 1.82) is 0 Å². The normalized spacial score (nSPS) is 16.9. The average Bonchev–Trinajstić information content (AvgIpc) is 3.20. The minimum atomic E-state index is -4.64. The van der Waals surface area contributed by atoms with Gasteiger partial charge in [0.25, 0.3) is 0 Å². The molecule has 1 saturated heterocycles. The highest BCUT2D eigenvalue weighted by Gasteiger charge is 2.31. The molecule has 0 saturated carbocycles. The van der Waals surface area contributed by atoms with Crippen molar-refractivity contribution < 1.29 is 23.8 Å². The molecule has 1 aromatic carbocycles. The van der Waals surface area contributed by atoms with Crippen LogP contribution in [0.3, 0.4) is 0 Å². The molecule has 6 N–H and O–H groups in total. The van der Waals surface area contributed by atoms with E-state index in [0.717, 1.165) is 32.5 Å². The number of benzene rings is 1. The third kappa shape index (κ3) is 6.02. The number of imidazole rings is 1. The van der Waals surface area contributed by atoms with Gasteiger partial charge in [0, 0.05) is 24.1 Å². The number of hydrogen-bond acceptors (Lipinski definition) is 8. The number of nitrogens with one attached hydrogen (secondary N) is 3. The number of piperidine rings is 1. The molecular weight excluding hydrogens is 480 g/mol. The van der Waals surface area contributed by atoms with Crippen molar-refractivity contribution in [3.05, 3.63) is 30.6 Å².